The van der Waals surface area contributed by atoms with E-state index in [4.69, 9.17) is 33.5 Å². The summed E-state index contributed by atoms with van der Waals surface area (Å²) in [5, 5.41) is 53.7. The Kier molecular flexibility index (Phi) is 26.0. The number of aromatic amines is 1. The maximum Gasteiger partial charge on any atom is 0.269 e. The number of amides is 2. The number of nitriles is 3. The second-order valence-electron chi connectivity index (χ2n) is 32.4. The van der Waals surface area contributed by atoms with Crippen LogP contribution in [-0.2, 0) is 43.8 Å². The number of carbonyl (C=O) groups is 2. The van der Waals surface area contributed by atoms with Gasteiger partial charge in [-0.15, -0.1) is 0 Å². The molecule has 0 unspecified atom stereocenters. The SMILES string of the molecule is N#Cc1cc(-c2ccnc3[nH]c(-c4ccc(N5CCOCC5)cc4)cc23)ccc1O[C@H]1CCN(C(=O)CO)C1.N#Cc1cc(-c2ccnc3c2cc(-c2ccc(N4CCOCC4)cc2)n3S(=O)(=O)c2ccccc2)ccc1O[C@H]1CCN(C(=O)CO)C1.N#Cc1cc(-c2ccnc3c2cc(-c2ccc(N4CCOCC4)cc2)n3S(=O)(=O)c2ccccc2)ccc1O[C@H]1CCNC1. The number of fused-ring (bicyclic) bond motifs is 3. The van der Waals surface area contributed by atoms with Crippen LogP contribution in [-0.4, -0.2) is 226 Å². The van der Waals surface area contributed by atoms with Gasteiger partial charge in [-0.3, -0.25) is 9.59 Å². The molecule has 8 aromatic carbocycles. The predicted molar refractivity (Wildman–Crippen MR) is 497 cm³/mol. The summed E-state index contributed by atoms with van der Waals surface area (Å²) in [5.74, 6) is 0.760. The topological polar surface area (TPSA) is 362 Å². The van der Waals surface area contributed by atoms with Gasteiger partial charge >= 0.3 is 0 Å². The number of hydrogen-bond donors (Lipinski definition) is 4. The highest BCUT2D eigenvalue weighted by Crippen LogP contribution is 2.43. The molecule has 20 rings (SSSR count). The van der Waals surface area contributed by atoms with Gasteiger partial charge in [0.15, 0.2) is 11.3 Å². The van der Waals surface area contributed by atoms with Crippen LogP contribution in [0.3, 0.4) is 0 Å². The van der Waals surface area contributed by atoms with Gasteiger partial charge in [-0.2, -0.15) is 15.8 Å². The minimum absolute atomic E-state index is 0.0231. The second-order valence-corrected chi connectivity index (χ2v) is 36.0. The Balaban J connectivity index is 0.000000133. The van der Waals surface area contributed by atoms with Crippen molar-refractivity contribution in [2.24, 2.45) is 0 Å². The van der Waals surface area contributed by atoms with E-state index in [-0.39, 0.29) is 45.6 Å². The molecular weight excluding hydrogens is 1700 g/mol. The van der Waals surface area contributed by atoms with Gasteiger partial charge in [-0.1, -0.05) is 91.0 Å². The maximum atomic E-state index is 14.3. The Morgan fingerprint density at radius 2 is 0.779 bits per heavy atom. The predicted octanol–water partition coefficient (Wildman–Crippen LogP) is 12.9. The number of nitrogens with one attached hydrogen (secondary N) is 2. The first kappa shape index (κ1) is 87.4. The fourth-order valence-corrected chi connectivity index (χ4v) is 20.6. The van der Waals surface area contributed by atoms with Crippen molar-refractivity contribution in [3.05, 3.63) is 260 Å². The highest BCUT2D eigenvalue weighted by atomic mass is 32.2. The lowest BCUT2D eigenvalue weighted by Gasteiger charge is -2.28. The molecule has 4 N–H and O–H groups in total. The van der Waals surface area contributed by atoms with E-state index in [1.54, 1.807) is 113 Å². The van der Waals surface area contributed by atoms with Gasteiger partial charge in [0.1, 0.15) is 72.6 Å². The van der Waals surface area contributed by atoms with Crippen LogP contribution in [0.25, 0.3) is 100 Å². The van der Waals surface area contributed by atoms with Crippen molar-refractivity contribution in [1.29, 1.82) is 15.8 Å². The molecule has 0 aliphatic carbocycles. The van der Waals surface area contributed by atoms with E-state index >= 15 is 0 Å². The van der Waals surface area contributed by atoms with Gasteiger partial charge in [-0.25, -0.2) is 39.7 Å². The Morgan fingerprint density at radius 1 is 0.412 bits per heavy atom. The molecule has 3 atom stereocenters. The number of rotatable bonds is 21. The highest BCUT2D eigenvalue weighted by Gasteiger charge is 2.34. The molecule has 6 fully saturated rings. The van der Waals surface area contributed by atoms with Crippen LogP contribution >= 0.6 is 0 Å². The van der Waals surface area contributed by atoms with Crippen LogP contribution in [0, 0.1) is 34.0 Å². The van der Waals surface area contributed by atoms with Gasteiger partial charge in [0.2, 0.25) is 11.8 Å². The number of morpholine rings is 3. The molecule has 0 bridgehead atoms. The molecular formula is C100H93N15O14S2. The standard InChI is InChI=1S/C36H33N5O6S.C34H31N5O4S.C30H29N5O4/c37-22-27-20-26(8-11-34(27)47-29-13-15-40(23-29)35(43)24-42)31-12-14-38-36-32(31)21-33(41(36)48(44,45)30-4-2-1-3-5-30)25-6-9-28(10-7-25)39-16-18-46-19-17-39;35-22-26-20-25(8-11-33(26)43-28-12-14-36-23-28)30-13-15-37-34-31(30)21-32(39(34)44(40,41)29-4-2-1-3-5-29)24-6-9-27(10-7-24)38-16-18-42-19-17-38;31-17-22-15-21(3-6-28(22)39-24-8-10-35(18-24)29(37)19-36)25-7-9-32-30-26(25)16-27(33-30)20-1-4-23(5-2-20)34-11-13-38-14-12-34/h1-12,14,20-21,29,42H,13,15-19,23-24H2;1-11,13,15,20-21,28,36H,12,14,16-19,23H2;1-7,9,15-16,24,36H,8,10-14,18-19H2,(H,32,33)/t29-;28-;24-/m000/s1. The maximum absolute atomic E-state index is 14.3. The molecule has 664 valence electrons. The number of carbonyl (C=O) groups excluding carboxylic acids is 2. The van der Waals surface area contributed by atoms with Crippen LogP contribution < -0.4 is 34.2 Å². The van der Waals surface area contributed by atoms with E-state index in [1.807, 2.05) is 109 Å². The molecule has 14 aromatic rings. The number of benzene rings is 8. The molecule has 6 aliphatic heterocycles. The van der Waals surface area contributed by atoms with E-state index in [0.717, 1.165) is 133 Å². The van der Waals surface area contributed by atoms with Crippen LogP contribution in [0.2, 0.25) is 0 Å². The van der Waals surface area contributed by atoms with E-state index in [2.05, 4.69) is 88.5 Å². The molecule has 29 nitrogen and oxygen atoms in total. The van der Waals surface area contributed by atoms with Crippen molar-refractivity contribution >= 4 is 82.0 Å². The summed E-state index contributed by atoms with van der Waals surface area (Å²) in [4.78, 5) is 51.1. The number of aromatic nitrogens is 6. The zero-order valence-electron chi connectivity index (χ0n) is 71.5. The summed E-state index contributed by atoms with van der Waals surface area (Å²) in [7, 11) is -8.08. The van der Waals surface area contributed by atoms with Crippen LogP contribution in [0.15, 0.2) is 253 Å². The zero-order chi connectivity index (χ0) is 90.1. The quantitative estimate of drug-likeness (QED) is 0.0519. The van der Waals surface area contributed by atoms with E-state index < -0.39 is 33.3 Å². The van der Waals surface area contributed by atoms with Crippen molar-refractivity contribution in [2.45, 2.75) is 47.4 Å². The number of anilines is 3. The molecule has 0 radical (unpaired) electrons. The molecule has 6 aliphatic rings. The summed E-state index contributed by atoms with van der Waals surface area (Å²) < 4.78 is 94.4. The smallest absolute Gasteiger partial charge is 0.269 e. The minimum atomic E-state index is -4.06. The van der Waals surface area contributed by atoms with Crippen molar-refractivity contribution in [2.75, 3.05) is 146 Å². The van der Waals surface area contributed by atoms with E-state index in [0.29, 0.717) is 144 Å². The largest absolute Gasteiger partial charge is 0.488 e. The first-order valence-electron chi connectivity index (χ1n) is 43.5. The number of H-pyrrole nitrogens is 1. The first-order valence-corrected chi connectivity index (χ1v) is 46.4. The van der Waals surface area contributed by atoms with Crippen LogP contribution in [0.4, 0.5) is 17.1 Å². The van der Waals surface area contributed by atoms with Gasteiger partial charge in [0.25, 0.3) is 20.0 Å². The average molecular weight is 1790 g/mol. The number of likely N-dealkylation sites (tertiary alicyclic amines) is 2. The van der Waals surface area contributed by atoms with Crippen molar-refractivity contribution in [3.63, 3.8) is 0 Å². The normalized spacial score (nSPS) is 17.0. The van der Waals surface area contributed by atoms with Gasteiger partial charge in [0, 0.05) is 129 Å². The fraction of sp³-hybridized carbons (Fsp3) is 0.260. The molecule has 2 amide bonds. The summed E-state index contributed by atoms with van der Waals surface area (Å²) in [6.07, 6.45) is 6.58. The third-order valence-electron chi connectivity index (χ3n) is 24.4. The Bertz CT molecular complexity index is 6920. The fourth-order valence-electron chi connectivity index (χ4n) is 17.6. The monoisotopic (exact) mass is 1790 g/mol. The van der Waals surface area contributed by atoms with Gasteiger partial charge < -0.3 is 73.4 Å². The van der Waals surface area contributed by atoms with Crippen molar-refractivity contribution < 1.29 is 65.1 Å². The van der Waals surface area contributed by atoms with Crippen LogP contribution in [0.1, 0.15) is 36.0 Å². The second kappa shape index (κ2) is 38.9. The van der Waals surface area contributed by atoms with Crippen molar-refractivity contribution in [3.8, 4) is 103 Å². The van der Waals surface area contributed by atoms with E-state index in [1.165, 1.54) is 13.6 Å². The number of hydrogen-bond acceptors (Lipinski definition) is 24. The lowest BCUT2D eigenvalue weighted by Crippen LogP contribution is -2.36. The summed E-state index contributed by atoms with van der Waals surface area (Å²) >= 11 is 0. The molecule has 6 aromatic heterocycles. The lowest BCUT2D eigenvalue weighted by molar-refractivity contribution is -0.134. The van der Waals surface area contributed by atoms with Crippen molar-refractivity contribution in [1.82, 2.24) is 43.0 Å². The Labute approximate surface area is 757 Å². The summed E-state index contributed by atoms with van der Waals surface area (Å²) in [5.41, 5.74) is 15.1. The number of aliphatic hydroxyl groups is 2. The van der Waals surface area contributed by atoms with Gasteiger partial charge in [-0.05, 0) is 196 Å². The third kappa shape index (κ3) is 18.6. The molecule has 31 heteroatoms. The summed E-state index contributed by atoms with van der Waals surface area (Å²) in [6, 6.07) is 75.5. The summed E-state index contributed by atoms with van der Waals surface area (Å²) in [6.45, 7) is 11.5. The average Bonchev–Trinajstić information content (AvgIpc) is 1.59. The third-order valence-corrected chi connectivity index (χ3v) is 27.9. The lowest BCUT2D eigenvalue weighted by atomic mass is 10.0. The molecule has 0 spiro atoms. The number of aliphatic hydroxyl groups excluding tert-OH is 2. The van der Waals surface area contributed by atoms with Gasteiger partial charge in [0.05, 0.1) is 90.6 Å². The minimum Gasteiger partial charge on any atom is -0.488 e. The molecule has 12 heterocycles. The number of pyridine rings is 3. The molecule has 6 saturated heterocycles. The number of ether oxygens (including phenoxy) is 6. The van der Waals surface area contributed by atoms with Crippen LogP contribution in [0.5, 0.6) is 17.2 Å². The van der Waals surface area contributed by atoms with E-state index in [9.17, 15) is 47.3 Å². The number of nitrogens with zero attached hydrogens (tertiary/aromatic N) is 13. The molecule has 131 heavy (non-hydrogen) atoms. The molecule has 0 saturated carbocycles. The Hall–Kier alpha value is -14.3. The zero-order valence-corrected chi connectivity index (χ0v) is 73.1. The first-order chi connectivity index (χ1) is 64.0. The Morgan fingerprint density at radius 3 is 1.15 bits per heavy atom. The highest BCUT2D eigenvalue weighted by molar-refractivity contribution is 7.90.